The van der Waals surface area contributed by atoms with Crippen molar-refractivity contribution in [2.75, 3.05) is 12.4 Å². The number of hydrogen-bond donors (Lipinski definition) is 2. The highest BCUT2D eigenvalue weighted by Gasteiger charge is 2.32. The number of nitrogens with one attached hydrogen (secondary N) is 1. The Morgan fingerprint density at radius 2 is 2.18 bits per heavy atom. The first-order valence-electron chi connectivity index (χ1n) is 7.45. The molecular weight excluding hydrogens is 298 g/mol. The quantitative estimate of drug-likeness (QED) is 0.885. The molecule has 0 aromatic heterocycles. The molecule has 0 amide bonds. The molecule has 2 unspecified atom stereocenters. The van der Waals surface area contributed by atoms with Crippen LogP contribution >= 0.6 is 11.8 Å². The van der Waals surface area contributed by atoms with Gasteiger partial charge in [0.15, 0.2) is 0 Å². The topological polar surface area (TPSA) is 58.6 Å². The average molecular weight is 317 g/mol. The molecule has 22 heavy (non-hydrogen) atoms. The van der Waals surface area contributed by atoms with Gasteiger partial charge in [-0.1, -0.05) is 37.3 Å². The Morgan fingerprint density at radius 1 is 1.36 bits per heavy atom. The highest BCUT2D eigenvalue weighted by molar-refractivity contribution is 7.99. The number of benzene rings is 2. The van der Waals surface area contributed by atoms with Gasteiger partial charge >= 0.3 is 5.97 Å². The minimum atomic E-state index is -0.800. The van der Waals surface area contributed by atoms with Gasteiger partial charge in [0.2, 0.25) is 0 Å². The Balaban J connectivity index is 2.03. The maximum atomic E-state index is 11.2. The van der Waals surface area contributed by atoms with Gasteiger partial charge < -0.3 is 9.84 Å². The van der Waals surface area contributed by atoms with Crippen LogP contribution in [-0.4, -0.2) is 29.5 Å². The molecular formula is C17H19NO3S. The lowest BCUT2D eigenvalue weighted by Gasteiger charge is -2.19. The third-order valence-electron chi connectivity index (χ3n) is 3.73. The number of ether oxygens (including phenoxy) is 1. The molecule has 5 heteroatoms. The monoisotopic (exact) mass is 317 g/mol. The Morgan fingerprint density at radius 3 is 2.91 bits per heavy atom. The lowest BCUT2D eigenvalue weighted by molar-refractivity contribution is -0.138. The van der Waals surface area contributed by atoms with Crippen molar-refractivity contribution in [1.29, 1.82) is 0 Å². The molecule has 2 atom stereocenters. The molecule has 2 aromatic carbocycles. The third kappa shape index (κ3) is 2.91. The molecule has 0 radical (unpaired) electrons. The van der Waals surface area contributed by atoms with Crippen LogP contribution in [0.2, 0.25) is 0 Å². The van der Waals surface area contributed by atoms with Crippen LogP contribution in [0.15, 0.2) is 36.4 Å². The lowest BCUT2D eigenvalue weighted by Crippen LogP contribution is -2.33. The van der Waals surface area contributed by atoms with E-state index in [9.17, 15) is 9.90 Å². The van der Waals surface area contributed by atoms with Crippen LogP contribution in [-0.2, 0) is 4.79 Å². The number of thioether (sulfide) groups is 1. The Kier molecular flexibility index (Phi) is 4.55. The summed E-state index contributed by atoms with van der Waals surface area (Å²) in [6.07, 6.45) is 0.940. The first-order chi connectivity index (χ1) is 10.7. The summed E-state index contributed by atoms with van der Waals surface area (Å²) in [6.45, 7) is 2.73. The molecule has 0 saturated carbocycles. The van der Waals surface area contributed by atoms with Gasteiger partial charge in [-0.15, -0.1) is 11.8 Å². The zero-order chi connectivity index (χ0) is 15.5. The smallest absolute Gasteiger partial charge is 0.321 e. The van der Waals surface area contributed by atoms with Gasteiger partial charge in [-0.2, -0.15) is 0 Å². The van der Waals surface area contributed by atoms with Crippen molar-refractivity contribution in [2.24, 2.45) is 0 Å². The molecule has 3 rings (SSSR count). The van der Waals surface area contributed by atoms with Gasteiger partial charge in [0.1, 0.15) is 11.8 Å². The first-order valence-corrected chi connectivity index (χ1v) is 8.50. The largest absolute Gasteiger partial charge is 0.493 e. The molecule has 1 heterocycles. The number of hydrogen-bond acceptors (Lipinski definition) is 4. The molecule has 1 aliphatic rings. The van der Waals surface area contributed by atoms with E-state index in [1.54, 1.807) is 11.8 Å². The second-order valence-corrected chi connectivity index (χ2v) is 6.46. The van der Waals surface area contributed by atoms with Crippen molar-refractivity contribution in [3.63, 3.8) is 0 Å². The van der Waals surface area contributed by atoms with Crippen molar-refractivity contribution >= 4 is 28.5 Å². The molecule has 2 aromatic rings. The summed E-state index contributed by atoms with van der Waals surface area (Å²) in [7, 11) is 0. The molecule has 0 bridgehead atoms. The van der Waals surface area contributed by atoms with Crippen LogP contribution < -0.4 is 10.1 Å². The van der Waals surface area contributed by atoms with Crippen molar-refractivity contribution in [2.45, 2.75) is 24.8 Å². The summed E-state index contributed by atoms with van der Waals surface area (Å²) in [5.74, 6) is 0.610. The van der Waals surface area contributed by atoms with Gasteiger partial charge in [-0.05, 0) is 23.3 Å². The van der Waals surface area contributed by atoms with Crippen LogP contribution in [0, 0.1) is 0 Å². The fraction of sp³-hybridized carbons (Fsp3) is 0.353. The van der Waals surface area contributed by atoms with Crippen LogP contribution in [0.1, 0.15) is 24.3 Å². The number of carboxylic acid groups (broad SMARTS) is 1. The van der Waals surface area contributed by atoms with Gasteiger partial charge in [-0.3, -0.25) is 10.1 Å². The van der Waals surface area contributed by atoms with Crippen LogP contribution in [0.3, 0.4) is 0 Å². The molecule has 4 nitrogen and oxygen atoms in total. The standard InChI is InChI=1S/C17H19NO3S/c1-2-9-21-14-8-7-11-5-3-4-6-12(11)15(14)16-18-13(10-22-16)17(19)20/h3-8,13,16,18H,2,9-10H2,1H3,(H,19,20). The van der Waals surface area contributed by atoms with Crippen molar-refractivity contribution in [3.05, 3.63) is 42.0 Å². The predicted octanol–water partition coefficient (Wildman–Crippen LogP) is 3.42. The fourth-order valence-corrected chi connectivity index (χ4v) is 3.96. The Hall–Kier alpha value is -1.72. The number of aliphatic carboxylic acids is 1. The van der Waals surface area contributed by atoms with E-state index in [1.165, 1.54) is 0 Å². The van der Waals surface area contributed by atoms with E-state index < -0.39 is 12.0 Å². The zero-order valence-electron chi connectivity index (χ0n) is 12.4. The second-order valence-electron chi connectivity index (χ2n) is 5.32. The normalized spacial score (nSPS) is 21.1. The minimum Gasteiger partial charge on any atom is -0.493 e. The van der Waals surface area contributed by atoms with Gasteiger partial charge in [0.05, 0.1) is 12.0 Å². The zero-order valence-corrected chi connectivity index (χ0v) is 13.2. The second kappa shape index (κ2) is 6.58. The average Bonchev–Trinajstić information content (AvgIpc) is 3.02. The van der Waals surface area contributed by atoms with Crippen LogP contribution in [0.25, 0.3) is 10.8 Å². The van der Waals surface area contributed by atoms with E-state index in [0.29, 0.717) is 12.4 Å². The SMILES string of the molecule is CCCOc1ccc2ccccc2c1C1NC(C(=O)O)CS1. The summed E-state index contributed by atoms with van der Waals surface area (Å²) in [5, 5.41) is 14.6. The van der Waals surface area contributed by atoms with E-state index in [4.69, 9.17) is 4.74 Å². The van der Waals surface area contributed by atoms with Gasteiger partial charge in [0.25, 0.3) is 0 Å². The van der Waals surface area contributed by atoms with E-state index >= 15 is 0 Å². The van der Waals surface area contributed by atoms with Gasteiger partial charge in [-0.25, -0.2) is 0 Å². The third-order valence-corrected chi connectivity index (χ3v) is 4.97. The molecule has 116 valence electrons. The summed E-state index contributed by atoms with van der Waals surface area (Å²) in [5.41, 5.74) is 1.06. The van der Waals surface area contributed by atoms with Crippen molar-refractivity contribution in [3.8, 4) is 5.75 Å². The first kappa shape index (κ1) is 15.2. The maximum Gasteiger partial charge on any atom is 0.321 e. The molecule has 0 aliphatic carbocycles. The van der Waals surface area contributed by atoms with Crippen molar-refractivity contribution < 1.29 is 14.6 Å². The summed E-state index contributed by atoms with van der Waals surface area (Å²) >= 11 is 1.62. The van der Waals surface area contributed by atoms with Crippen LogP contribution in [0.5, 0.6) is 5.75 Å². The summed E-state index contributed by atoms with van der Waals surface area (Å²) in [4.78, 5) is 11.2. The van der Waals surface area contributed by atoms with Crippen molar-refractivity contribution in [1.82, 2.24) is 5.32 Å². The molecule has 1 saturated heterocycles. The highest BCUT2D eigenvalue weighted by atomic mass is 32.2. The fourth-order valence-electron chi connectivity index (χ4n) is 2.66. The molecule has 0 spiro atoms. The number of carboxylic acids is 1. The Labute approximate surface area is 133 Å². The van der Waals surface area contributed by atoms with Gasteiger partial charge in [0, 0.05) is 11.3 Å². The predicted molar refractivity (Wildman–Crippen MR) is 89.5 cm³/mol. The summed E-state index contributed by atoms with van der Waals surface area (Å²) in [6, 6.07) is 11.7. The minimum absolute atomic E-state index is 0.0564. The molecule has 1 aliphatic heterocycles. The highest BCUT2D eigenvalue weighted by Crippen LogP contribution is 2.41. The molecule has 2 N–H and O–H groups in total. The number of fused-ring (bicyclic) bond motifs is 1. The van der Waals surface area contributed by atoms with Crippen LogP contribution in [0.4, 0.5) is 0 Å². The molecule has 1 fully saturated rings. The number of rotatable bonds is 5. The summed E-state index contributed by atoms with van der Waals surface area (Å²) < 4.78 is 5.90. The number of carbonyl (C=O) groups is 1. The van der Waals surface area contributed by atoms with E-state index in [1.807, 2.05) is 18.2 Å². The van der Waals surface area contributed by atoms with E-state index in [-0.39, 0.29) is 5.37 Å². The maximum absolute atomic E-state index is 11.2. The lowest BCUT2D eigenvalue weighted by atomic mass is 10.0. The Bertz CT molecular complexity index is 689. The van der Waals surface area contributed by atoms with E-state index in [0.717, 1.165) is 28.5 Å². The van der Waals surface area contributed by atoms with E-state index in [2.05, 4.69) is 30.4 Å².